The van der Waals surface area contributed by atoms with Crippen molar-refractivity contribution < 1.29 is 32.4 Å². The second-order valence-corrected chi connectivity index (χ2v) is 10.2. The maximum Gasteiger partial charge on any atom is 0.410 e. The van der Waals surface area contributed by atoms with E-state index in [1.54, 1.807) is 12.1 Å². The molecule has 0 saturated carbocycles. The van der Waals surface area contributed by atoms with Crippen LogP contribution in [0.4, 0.5) is 15.0 Å². The molecule has 2 aliphatic heterocycles. The van der Waals surface area contributed by atoms with Crippen LogP contribution in [0.1, 0.15) is 42.4 Å². The number of pyridine rings is 1. The zero-order valence-electron chi connectivity index (χ0n) is 23.7. The van der Waals surface area contributed by atoms with Crippen LogP contribution in [0.15, 0.2) is 42.6 Å². The molecule has 3 atom stereocenters. The summed E-state index contributed by atoms with van der Waals surface area (Å²) in [5, 5.41) is 2.66. The molecule has 1 spiro atoms. The predicted molar refractivity (Wildman–Crippen MR) is 132 cm³/mol. The van der Waals surface area contributed by atoms with Gasteiger partial charge in [-0.05, 0) is 51.0 Å². The van der Waals surface area contributed by atoms with Gasteiger partial charge >= 0.3 is 6.09 Å². The van der Waals surface area contributed by atoms with Crippen LogP contribution in [-0.2, 0) is 31.0 Å². The van der Waals surface area contributed by atoms with Gasteiger partial charge in [-0.2, -0.15) is 0 Å². The van der Waals surface area contributed by atoms with Crippen LogP contribution in [0.2, 0.25) is 0 Å². The smallest absolute Gasteiger partial charge is 0.410 e. The number of primary amides is 1. The Morgan fingerprint density at radius 3 is 2.65 bits per heavy atom. The van der Waals surface area contributed by atoms with Gasteiger partial charge in [0.25, 0.3) is 0 Å². The van der Waals surface area contributed by atoms with E-state index in [2.05, 4.69) is 10.3 Å². The predicted octanol–water partition coefficient (Wildman–Crippen LogP) is 1.97. The molecule has 10 nitrogen and oxygen atoms in total. The largest absolute Gasteiger partial charge is 0.444 e. The molecule has 37 heavy (non-hydrogen) atoms. The number of rotatable bonds is 5. The summed E-state index contributed by atoms with van der Waals surface area (Å²) >= 11 is 0. The lowest BCUT2D eigenvalue weighted by molar-refractivity contribution is -0.141. The number of nitrogens with zero attached hydrogens (tertiary/aromatic N) is 3. The number of nitrogens with one attached hydrogen (secondary N) is 1. The van der Waals surface area contributed by atoms with Crippen LogP contribution < -0.4 is 11.1 Å². The number of carbonyl (C=O) groups excluding carboxylic acids is 4. The molecule has 2 aliphatic rings. The molecule has 0 unspecified atom stereocenters. The molecule has 1 fully saturated rings. The Morgan fingerprint density at radius 1 is 1.32 bits per heavy atom. The first kappa shape index (κ1) is 22.2. The molecular formula is C26H30FN5O5. The summed E-state index contributed by atoms with van der Waals surface area (Å²) in [5.74, 6) is -2.60. The van der Waals surface area contributed by atoms with E-state index in [4.69, 9.17) is 14.6 Å². The lowest BCUT2D eigenvalue weighted by atomic mass is 9.80. The van der Waals surface area contributed by atoms with E-state index in [9.17, 15) is 23.6 Å². The number of halogens is 1. The maximum absolute atomic E-state index is 14.2. The SMILES string of the molecule is [2H]C([2H])([2H])N(C(=O)OC(C)(C)C)[C@@H](Cc1ccc(F)cc1)C(=O)N1C[C@]2(C[C@H]1C(N)=O)C(=O)Nc1ncccc12. The number of aromatic nitrogens is 1. The van der Waals surface area contributed by atoms with Crippen molar-refractivity contribution in [1.82, 2.24) is 14.8 Å². The van der Waals surface area contributed by atoms with Crippen LogP contribution in [0.25, 0.3) is 0 Å². The lowest BCUT2D eigenvalue weighted by Gasteiger charge is -2.34. The number of benzene rings is 1. The van der Waals surface area contributed by atoms with Crippen LogP contribution in [0.3, 0.4) is 0 Å². The summed E-state index contributed by atoms with van der Waals surface area (Å²) in [6, 6.07) is 5.22. The molecule has 1 aromatic heterocycles. The summed E-state index contributed by atoms with van der Waals surface area (Å²) in [6.07, 6.45) is -0.321. The number of carbonyl (C=O) groups is 4. The van der Waals surface area contributed by atoms with Gasteiger partial charge in [0.2, 0.25) is 17.7 Å². The molecule has 1 saturated heterocycles. The normalized spacial score (nSPS) is 22.9. The Morgan fingerprint density at radius 2 is 2.03 bits per heavy atom. The first-order valence-electron chi connectivity index (χ1n) is 13.2. The standard InChI is InChI=1S/C26H30FN5O5/c1-25(2,3)37-24(36)31(4)18(12-15-7-9-16(27)10-8-15)22(34)32-14-26(13-19(32)20(28)33)17-6-5-11-29-21(17)30-23(26)35/h5-11,18-19H,12-14H2,1-4H3,(H2,28,33)(H,29,30,35)/t18-,19-,26-/m0/s1/i4D3. The molecule has 0 aliphatic carbocycles. The number of hydrogen-bond donors (Lipinski definition) is 2. The van der Waals surface area contributed by atoms with E-state index < -0.39 is 59.7 Å². The van der Waals surface area contributed by atoms with Crippen molar-refractivity contribution in [2.24, 2.45) is 5.73 Å². The third kappa shape index (κ3) is 4.98. The van der Waals surface area contributed by atoms with Gasteiger partial charge in [-0.1, -0.05) is 18.2 Å². The highest BCUT2D eigenvalue weighted by atomic mass is 19.1. The quantitative estimate of drug-likeness (QED) is 0.627. The molecule has 4 amide bonds. The van der Waals surface area contributed by atoms with Gasteiger partial charge in [0, 0.05) is 35.8 Å². The fourth-order valence-corrected chi connectivity index (χ4v) is 4.75. The van der Waals surface area contributed by atoms with E-state index in [-0.39, 0.29) is 25.2 Å². The molecule has 4 rings (SSSR count). The van der Waals surface area contributed by atoms with Crippen molar-refractivity contribution in [3.05, 3.63) is 59.5 Å². The minimum atomic E-state index is -3.15. The van der Waals surface area contributed by atoms with E-state index in [0.717, 1.165) is 17.0 Å². The number of likely N-dealkylation sites (N-methyl/N-ethyl adjacent to an activating group) is 1. The van der Waals surface area contributed by atoms with Gasteiger partial charge in [0.1, 0.15) is 29.3 Å². The lowest BCUT2D eigenvalue weighted by Crippen LogP contribution is -2.55. The van der Waals surface area contributed by atoms with Crippen LogP contribution in [-0.4, -0.2) is 69.8 Å². The van der Waals surface area contributed by atoms with Crippen LogP contribution in [0, 0.1) is 5.82 Å². The Kier molecular flexibility index (Phi) is 5.67. The average molecular weight is 515 g/mol. The number of anilines is 1. The number of nitrogens with two attached hydrogens (primary N) is 1. The third-order valence-electron chi connectivity index (χ3n) is 6.49. The van der Waals surface area contributed by atoms with Gasteiger partial charge in [-0.25, -0.2) is 14.2 Å². The number of ether oxygens (including phenoxy) is 1. The number of likely N-dealkylation sites (tertiary alicyclic amines) is 1. The zero-order chi connectivity index (χ0) is 29.6. The van der Waals surface area contributed by atoms with Gasteiger partial charge < -0.3 is 20.7 Å². The second-order valence-electron chi connectivity index (χ2n) is 10.2. The highest BCUT2D eigenvalue weighted by Gasteiger charge is 2.58. The summed E-state index contributed by atoms with van der Waals surface area (Å²) in [7, 11) is 0. The van der Waals surface area contributed by atoms with E-state index in [0.29, 0.717) is 16.0 Å². The molecule has 0 radical (unpaired) electrons. The second kappa shape index (κ2) is 9.45. The van der Waals surface area contributed by atoms with Crippen molar-refractivity contribution in [2.45, 2.75) is 56.7 Å². The van der Waals surface area contributed by atoms with Gasteiger partial charge in [0.15, 0.2) is 0 Å². The fourth-order valence-electron chi connectivity index (χ4n) is 4.75. The number of amides is 4. The molecule has 196 valence electrons. The van der Waals surface area contributed by atoms with Crippen molar-refractivity contribution in [3.63, 3.8) is 0 Å². The summed E-state index contributed by atoms with van der Waals surface area (Å²) < 4.78 is 43.3. The molecule has 2 aromatic rings. The highest BCUT2D eigenvalue weighted by molar-refractivity contribution is 6.07. The molecule has 0 bridgehead atoms. The topological polar surface area (TPSA) is 135 Å². The number of hydrogen-bond acceptors (Lipinski definition) is 6. The maximum atomic E-state index is 14.2. The van der Waals surface area contributed by atoms with E-state index in [1.807, 2.05) is 0 Å². The minimum Gasteiger partial charge on any atom is -0.444 e. The Hall–Kier alpha value is -4.02. The fraction of sp³-hybridized carbons (Fsp3) is 0.423. The monoisotopic (exact) mass is 514 g/mol. The first-order chi connectivity index (χ1) is 18.5. The van der Waals surface area contributed by atoms with Crippen molar-refractivity contribution >= 4 is 29.6 Å². The molecular weight excluding hydrogens is 481 g/mol. The summed E-state index contributed by atoms with van der Waals surface area (Å²) in [6.45, 7) is 1.15. The average Bonchev–Trinajstić information content (AvgIpc) is 3.37. The van der Waals surface area contributed by atoms with Crippen molar-refractivity contribution in [2.75, 3.05) is 18.8 Å². The Balaban J connectivity index is 1.80. The zero-order valence-corrected chi connectivity index (χ0v) is 20.7. The third-order valence-corrected chi connectivity index (χ3v) is 6.49. The van der Waals surface area contributed by atoms with E-state index >= 15 is 0 Å². The minimum absolute atomic E-state index is 0.165. The summed E-state index contributed by atoms with van der Waals surface area (Å²) in [4.78, 5) is 58.8. The Bertz CT molecular complexity index is 1350. The highest BCUT2D eigenvalue weighted by Crippen LogP contribution is 2.45. The Labute approximate surface area is 218 Å². The molecule has 3 N–H and O–H groups in total. The van der Waals surface area contributed by atoms with Crippen LogP contribution in [0.5, 0.6) is 0 Å². The van der Waals surface area contributed by atoms with E-state index in [1.165, 1.54) is 39.1 Å². The summed E-state index contributed by atoms with van der Waals surface area (Å²) in [5.41, 5.74) is 4.02. The van der Waals surface area contributed by atoms with Crippen molar-refractivity contribution in [3.8, 4) is 0 Å². The van der Waals surface area contributed by atoms with Crippen LogP contribution >= 0.6 is 0 Å². The molecule has 3 heterocycles. The first-order valence-corrected chi connectivity index (χ1v) is 11.7. The van der Waals surface area contributed by atoms with Crippen molar-refractivity contribution in [1.29, 1.82) is 0 Å². The molecule has 1 aromatic carbocycles. The number of fused-ring (bicyclic) bond motifs is 2. The van der Waals surface area contributed by atoms with Gasteiger partial charge in [0.05, 0.1) is 5.41 Å². The molecule has 11 heteroatoms. The van der Waals surface area contributed by atoms with Gasteiger partial charge in [-0.15, -0.1) is 0 Å². The van der Waals surface area contributed by atoms with Gasteiger partial charge in [-0.3, -0.25) is 19.3 Å².